The highest BCUT2D eigenvalue weighted by Crippen LogP contribution is 2.33. The van der Waals surface area contributed by atoms with Gasteiger partial charge in [0.25, 0.3) is 0 Å². The van der Waals surface area contributed by atoms with Crippen molar-refractivity contribution in [2.45, 2.75) is 26.2 Å². The van der Waals surface area contributed by atoms with E-state index in [1.807, 2.05) is 30.3 Å². The lowest BCUT2D eigenvalue weighted by Crippen LogP contribution is -2.36. The second-order valence-electron chi connectivity index (χ2n) is 6.28. The second kappa shape index (κ2) is 5.16. The summed E-state index contributed by atoms with van der Waals surface area (Å²) in [5.74, 6) is -0.720. The summed E-state index contributed by atoms with van der Waals surface area (Å²) in [7, 11) is 0. The van der Waals surface area contributed by atoms with E-state index in [-0.39, 0.29) is 12.5 Å². The van der Waals surface area contributed by atoms with Crippen molar-refractivity contribution in [2.75, 3.05) is 13.1 Å². The molecule has 0 aliphatic carbocycles. The number of carbonyl (C=O) groups is 2. The molecule has 1 aromatic heterocycles. The lowest BCUT2D eigenvalue weighted by Gasteiger charge is -2.22. The minimum Gasteiger partial charge on any atom is -0.481 e. The minimum atomic E-state index is -0.848. The van der Waals surface area contributed by atoms with Crippen LogP contribution in [0.5, 0.6) is 0 Å². The molecule has 1 aromatic carbocycles. The van der Waals surface area contributed by atoms with Gasteiger partial charge in [0.2, 0.25) is 5.91 Å². The molecule has 0 saturated carbocycles. The maximum absolute atomic E-state index is 12.6. The first-order valence-corrected chi connectivity index (χ1v) is 7.41. The third-order valence-electron chi connectivity index (χ3n) is 4.54. The number of nitrogens with zero attached hydrogens (tertiary/aromatic N) is 1. The van der Waals surface area contributed by atoms with Crippen LogP contribution in [0.1, 0.15) is 31.9 Å². The van der Waals surface area contributed by atoms with Crippen molar-refractivity contribution < 1.29 is 19.1 Å². The topological polar surface area (TPSA) is 70.8 Å². The first kappa shape index (κ1) is 14.6. The van der Waals surface area contributed by atoms with Gasteiger partial charge in [0, 0.05) is 18.5 Å². The van der Waals surface area contributed by atoms with E-state index in [1.165, 1.54) is 0 Å². The Bertz CT molecular complexity index is 702. The van der Waals surface area contributed by atoms with E-state index >= 15 is 0 Å². The van der Waals surface area contributed by atoms with E-state index in [0.717, 1.165) is 11.0 Å². The summed E-state index contributed by atoms with van der Waals surface area (Å²) in [4.78, 5) is 25.5. The Labute approximate surface area is 128 Å². The van der Waals surface area contributed by atoms with E-state index in [9.17, 15) is 14.7 Å². The predicted octanol–water partition coefficient (Wildman–Crippen LogP) is 2.86. The van der Waals surface area contributed by atoms with Crippen molar-refractivity contribution in [3.05, 3.63) is 36.1 Å². The monoisotopic (exact) mass is 301 g/mol. The van der Waals surface area contributed by atoms with Gasteiger partial charge in [-0.2, -0.15) is 0 Å². The van der Waals surface area contributed by atoms with Crippen molar-refractivity contribution in [2.24, 2.45) is 5.41 Å². The first-order valence-electron chi connectivity index (χ1n) is 7.41. The zero-order valence-electron chi connectivity index (χ0n) is 12.7. The normalized spacial score (nSPS) is 22.9. The van der Waals surface area contributed by atoms with Crippen LogP contribution in [0.2, 0.25) is 0 Å². The molecular formula is C17H19NO4. The molecule has 1 fully saturated rings. The van der Waals surface area contributed by atoms with Crippen molar-refractivity contribution >= 4 is 22.8 Å². The quantitative estimate of drug-likeness (QED) is 0.946. The number of carboxylic acid groups (broad SMARTS) is 1. The third-order valence-corrected chi connectivity index (χ3v) is 4.54. The summed E-state index contributed by atoms with van der Waals surface area (Å²) in [6.45, 7) is 4.23. The minimum absolute atomic E-state index is 0.0796. The van der Waals surface area contributed by atoms with E-state index in [1.54, 1.807) is 18.7 Å². The second-order valence-corrected chi connectivity index (χ2v) is 6.28. The molecule has 0 bridgehead atoms. The highest BCUT2D eigenvalue weighted by atomic mass is 16.4. The Kier molecular flexibility index (Phi) is 3.43. The third kappa shape index (κ3) is 2.36. The lowest BCUT2D eigenvalue weighted by molar-refractivity contribution is -0.147. The van der Waals surface area contributed by atoms with Gasteiger partial charge in [-0.25, -0.2) is 0 Å². The fourth-order valence-electron chi connectivity index (χ4n) is 2.94. The number of aliphatic carboxylic acids is 1. The summed E-state index contributed by atoms with van der Waals surface area (Å²) >= 11 is 0. The summed E-state index contributed by atoms with van der Waals surface area (Å²) in [5.41, 5.74) is -0.0857. The molecule has 1 aliphatic heterocycles. The standard InChI is InChI=1S/C17H19NO4/c1-11(14-9-12-5-3-4-6-13(12)22-14)15(19)18-8-7-17(2,10-18)16(20)21/h3-6,9,11H,7-8,10H2,1-2H3,(H,20,21). The fourth-order valence-corrected chi connectivity index (χ4v) is 2.94. The Morgan fingerprint density at radius 3 is 2.73 bits per heavy atom. The van der Waals surface area contributed by atoms with Gasteiger partial charge in [-0.05, 0) is 32.4 Å². The molecule has 5 nitrogen and oxygen atoms in total. The smallest absolute Gasteiger partial charge is 0.311 e. The van der Waals surface area contributed by atoms with E-state index < -0.39 is 17.3 Å². The van der Waals surface area contributed by atoms with Crippen molar-refractivity contribution in [1.82, 2.24) is 4.90 Å². The fraction of sp³-hybridized carbons (Fsp3) is 0.412. The number of carbonyl (C=O) groups excluding carboxylic acids is 1. The molecule has 0 spiro atoms. The van der Waals surface area contributed by atoms with Crippen LogP contribution in [-0.4, -0.2) is 35.0 Å². The molecule has 0 radical (unpaired) electrons. The molecular weight excluding hydrogens is 282 g/mol. The number of carboxylic acids is 1. The lowest BCUT2D eigenvalue weighted by atomic mass is 9.90. The number of fused-ring (bicyclic) bond motifs is 1. The average molecular weight is 301 g/mol. The molecule has 2 aromatic rings. The van der Waals surface area contributed by atoms with Crippen molar-refractivity contribution in [3.63, 3.8) is 0 Å². The summed E-state index contributed by atoms with van der Waals surface area (Å²) in [6.07, 6.45) is 0.487. The molecule has 3 rings (SSSR count). The van der Waals surface area contributed by atoms with Crippen LogP contribution < -0.4 is 0 Å². The molecule has 2 heterocycles. The van der Waals surface area contributed by atoms with E-state index in [4.69, 9.17) is 4.42 Å². The summed E-state index contributed by atoms with van der Waals surface area (Å²) < 4.78 is 5.75. The zero-order chi connectivity index (χ0) is 15.9. The van der Waals surface area contributed by atoms with E-state index in [2.05, 4.69) is 0 Å². The molecule has 2 atom stereocenters. The number of para-hydroxylation sites is 1. The van der Waals surface area contributed by atoms with Gasteiger partial charge in [-0.3, -0.25) is 9.59 Å². The number of hydrogen-bond donors (Lipinski definition) is 1. The Morgan fingerprint density at radius 2 is 2.09 bits per heavy atom. The summed E-state index contributed by atoms with van der Waals surface area (Å²) in [6, 6.07) is 9.50. The van der Waals surface area contributed by atoms with Crippen LogP contribution in [0.3, 0.4) is 0 Å². The molecule has 116 valence electrons. The van der Waals surface area contributed by atoms with Crippen LogP contribution in [-0.2, 0) is 9.59 Å². The number of hydrogen-bond acceptors (Lipinski definition) is 3. The number of furan rings is 1. The molecule has 1 amide bonds. The van der Waals surface area contributed by atoms with E-state index in [0.29, 0.717) is 18.7 Å². The van der Waals surface area contributed by atoms with Crippen LogP contribution >= 0.6 is 0 Å². The Hall–Kier alpha value is -2.30. The highest BCUT2D eigenvalue weighted by molar-refractivity contribution is 5.86. The molecule has 22 heavy (non-hydrogen) atoms. The van der Waals surface area contributed by atoms with Crippen LogP contribution in [0.4, 0.5) is 0 Å². The molecule has 1 N–H and O–H groups in total. The zero-order valence-corrected chi connectivity index (χ0v) is 12.7. The van der Waals surface area contributed by atoms with Gasteiger partial charge < -0.3 is 14.4 Å². The predicted molar refractivity (Wildman–Crippen MR) is 81.6 cm³/mol. The Balaban J connectivity index is 1.79. The first-order chi connectivity index (χ1) is 10.4. The summed E-state index contributed by atoms with van der Waals surface area (Å²) in [5, 5.41) is 10.2. The molecule has 1 saturated heterocycles. The van der Waals surface area contributed by atoms with Gasteiger partial charge in [0.15, 0.2) is 0 Å². The SMILES string of the molecule is CC(C(=O)N1CCC(C)(C(=O)O)C1)c1cc2ccccc2o1. The largest absolute Gasteiger partial charge is 0.481 e. The van der Waals surface area contributed by atoms with Gasteiger partial charge in [-0.15, -0.1) is 0 Å². The maximum atomic E-state index is 12.6. The number of likely N-dealkylation sites (tertiary alicyclic amines) is 1. The number of amides is 1. The van der Waals surface area contributed by atoms with Gasteiger partial charge >= 0.3 is 5.97 Å². The molecule has 1 aliphatic rings. The average Bonchev–Trinajstić information content (AvgIpc) is 3.10. The number of rotatable bonds is 3. The molecule has 2 unspecified atom stereocenters. The maximum Gasteiger partial charge on any atom is 0.311 e. The van der Waals surface area contributed by atoms with Crippen molar-refractivity contribution in [1.29, 1.82) is 0 Å². The molecule has 5 heteroatoms. The van der Waals surface area contributed by atoms with Crippen LogP contribution in [0, 0.1) is 5.41 Å². The van der Waals surface area contributed by atoms with Gasteiger partial charge in [0.05, 0.1) is 11.3 Å². The van der Waals surface area contributed by atoms with Crippen LogP contribution in [0.15, 0.2) is 34.7 Å². The van der Waals surface area contributed by atoms with Crippen LogP contribution in [0.25, 0.3) is 11.0 Å². The Morgan fingerprint density at radius 1 is 1.36 bits per heavy atom. The van der Waals surface area contributed by atoms with Gasteiger partial charge in [-0.1, -0.05) is 18.2 Å². The van der Waals surface area contributed by atoms with Gasteiger partial charge in [0.1, 0.15) is 11.3 Å². The highest BCUT2D eigenvalue weighted by Gasteiger charge is 2.43. The van der Waals surface area contributed by atoms with Crippen molar-refractivity contribution in [3.8, 4) is 0 Å². The number of benzene rings is 1.